The van der Waals surface area contributed by atoms with E-state index >= 15 is 0 Å². The number of hydrogen-bond donors (Lipinski definition) is 1. The molecule has 4 rings (SSSR count). The van der Waals surface area contributed by atoms with Crippen LogP contribution in [-0.4, -0.2) is 54.2 Å². The van der Waals surface area contributed by atoms with Crippen molar-refractivity contribution in [1.82, 2.24) is 9.80 Å². The fraction of sp³-hybridized carbons (Fsp3) is 0.500. The van der Waals surface area contributed by atoms with Gasteiger partial charge in [0.15, 0.2) is 5.76 Å². The molecule has 28 heavy (non-hydrogen) atoms. The first kappa shape index (κ1) is 19.0. The fourth-order valence-electron chi connectivity index (χ4n) is 4.12. The lowest BCUT2D eigenvalue weighted by molar-refractivity contribution is 0.187. The quantitative estimate of drug-likeness (QED) is 0.857. The number of piperidine rings is 1. The average Bonchev–Trinajstić information content (AvgIpc) is 2.74. The van der Waals surface area contributed by atoms with Crippen LogP contribution < -0.4 is 10.3 Å². The Morgan fingerprint density at radius 2 is 1.54 bits per heavy atom. The third-order valence-corrected chi connectivity index (χ3v) is 5.73. The highest BCUT2D eigenvalue weighted by Gasteiger charge is 2.21. The molecule has 1 N–H and O–H groups in total. The van der Waals surface area contributed by atoms with Crippen molar-refractivity contribution >= 4 is 5.69 Å². The summed E-state index contributed by atoms with van der Waals surface area (Å²) in [6.07, 6.45) is 3.66. The largest absolute Gasteiger partial charge is 0.502 e. The number of likely N-dealkylation sites (tertiary alicyclic amines) is 1. The summed E-state index contributed by atoms with van der Waals surface area (Å²) < 4.78 is 5.96. The molecular formula is C22H29N3O3. The smallest absolute Gasteiger partial charge is 0.227 e. The van der Waals surface area contributed by atoms with Crippen molar-refractivity contribution in [2.45, 2.75) is 32.4 Å². The van der Waals surface area contributed by atoms with Gasteiger partial charge < -0.3 is 14.4 Å². The molecule has 0 spiro atoms. The molecule has 2 fully saturated rings. The standard InChI is InChI=1S/C22H29N3O3/c26-20-15-19(16-23-9-5-2-6-10-23)28-21(22(20)27)17-24-11-13-25(14-12-24)18-7-3-1-4-8-18/h1,3-4,7-8,15,27H,2,5-6,9-14,16-17H2. The molecule has 2 aromatic rings. The molecule has 2 aliphatic rings. The summed E-state index contributed by atoms with van der Waals surface area (Å²) >= 11 is 0. The van der Waals surface area contributed by atoms with Crippen molar-refractivity contribution in [2.24, 2.45) is 0 Å². The van der Waals surface area contributed by atoms with Gasteiger partial charge in [0.1, 0.15) is 5.76 Å². The van der Waals surface area contributed by atoms with Crippen LogP contribution in [0.5, 0.6) is 5.75 Å². The minimum atomic E-state index is -0.337. The maximum absolute atomic E-state index is 12.2. The van der Waals surface area contributed by atoms with E-state index in [1.165, 1.54) is 31.0 Å². The molecule has 6 nitrogen and oxygen atoms in total. The zero-order chi connectivity index (χ0) is 19.3. The van der Waals surface area contributed by atoms with Gasteiger partial charge in [-0.05, 0) is 38.1 Å². The lowest BCUT2D eigenvalue weighted by atomic mass is 10.1. The highest BCUT2D eigenvalue weighted by molar-refractivity contribution is 5.46. The second-order valence-corrected chi connectivity index (χ2v) is 7.78. The zero-order valence-corrected chi connectivity index (χ0v) is 16.3. The molecule has 0 unspecified atom stereocenters. The number of para-hydroxylation sites is 1. The Kier molecular flexibility index (Phi) is 5.98. The Morgan fingerprint density at radius 1 is 0.857 bits per heavy atom. The summed E-state index contributed by atoms with van der Waals surface area (Å²) in [7, 11) is 0. The molecule has 1 aromatic heterocycles. The highest BCUT2D eigenvalue weighted by atomic mass is 16.4. The third-order valence-electron chi connectivity index (χ3n) is 5.73. The number of hydrogen-bond acceptors (Lipinski definition) is 6. The Bertz CT molecular complexity index is 823. The minimum absolute atomic E-state index is 0.243. The molecule has 0 amide bonds. The molecule has 6 heteroatoms. The second-order valence-electron chi connectivity index (χ2n) is 7.78. The summed E-state index contributed by atoms with van der Waals surface area (Å²) in [5.41, 5.74) is 0.899. The number of rotatable bonds is 5. The first-order valence-corrected chi connectivity index (χ1v) is 10.3. The van der Waals surface area contributed by atoms with Crippen LogP contribution in [0.3, 0.4) is 0 Å². The molecule has 0 radical (unpaired) electrons. The van der Waals surface area contributed by atoms with Gasteiger partial charge in [0.2, 0.25) is 11.2 Å². The third kappa shape index (κ3) is 4.56. The van der Waals surface area contributed by atoms with Crippen LogP contribution in [-0.2, 0) is 13.1 Å². The zero-order valence-electron chi connectivity index (χ0n) is 16.3. The van der Waals surface area contributed by atoms with Crippen LogP contribution in [0.4, 0.5) is 5.69 Å². The Balaban J connectivity index is 1.39. The Hall–Kier alpha value is -2.31. The van der Waals surface area contributed by atoms with Gasteiger partial charge in [-0.15, -0.1) is 0 Å². The van der Waals surface area contributed by atoms with Crippen molar-refractivity contribution in [2.75, 3.05) is 44.2 Å². The van der Waals surface area contributed by atoms with E-state index in [1.807, 2.05) is 6.07 Å². The molecule has 0 aliphatic carbocycles. The number of nitrogens with zero attached hydrogens (tertiary/aromatic N) is 3. The molecule has 1 aromatic carbocycles. The van der Waals surface area contributed by atoms with E-state index in [2.05, 4.69) is 39.0 Å². The topological polar surface area (TPSA) is 60.2 Å². The van der Waals surface area contributed by atoms with E-state index in [9.17, 15) is 9.90 Å². The van der Waals surface area contributed by atoms with Gasteiger partial charge in [-0.3, -0.25) is 14.6 Å². The maximum atomic E-state index is 12.2. The van der Waals surface area contributed by atoms with Crippen LogP contribution in [0.1, 0.15) is 30.8 Å². The van der Waals surface area contributed by atoms with E-state index in [-0.39, 0.29) is 11.2 Å². The van der Waals surface area contributed by atoms with Crippen LogP contribution in [0.15, 0.2) is 45.6 Å². The summed E-state index contributed by atoms with van der Waals surface area (Å²) in [5, 5.41) is 10.2. The number of aromatic hydroxyl groups is 1. The van der Waals surface area contributed by atoms with E-state index in [4.69, 9.17) is 4.42 Å². The summed E-state index contributed by atoms with van der Waals surface area (Å²) in [6.45, 7) is 6.78. The van der Waals surface area contributed by atoms with Crippen LogP contribution in [0.2, 0.25) is 0 Å². The van der Waals surface area contributed by atoms with Crippen molar-refractivity contribution in [3.63, 3.8) is 0 Å². The van der Waals surface area contributed by atoms with Gasteiger partial charge in [0.05, 0.1) is 13.1 Å². The van der Waals surface area contributed by atoms with Crippen molar-refractivity contribution < 1.29 is 9.52 Å². The Morgan fingerprint density at radius 3 is 2.25 bits per heavy atom. The summed E-state index contributed by atoms with van der Waals surface area (Å²) in [6, 6.07) is 11.8. The van der Waals surface area contributed by atoms with E-state index < -0.39 is 0 Å². The first-order chi connectivity index (χ1) is 13.7. The van der Waals surface area contributed by atoms with Gasteiger partial charge >= 0.3 is 0 Å². The SMILES string of the molecule is O=c1cc(CN2CCCCC2)oc(CN2CCN(c3ccccc3)CC2)c1O. The maximum Gasteiger partial charge on any atom is 0.227 e. The van der Waals surface area contributed by atoms with Crippen molar-refractivity contribution in [3.8, 4) is 5.75 Å². The molecular weight excluding hydrogens is 354 g/mol. The molecule has 0 bridgehead atoms. The van der Waals surface area contributed by atoms with Crippen molar-refractivity contribution in [1.29, 1.82) is 0 Å². The normalized spacial score (nSPS) is 19.1. The molecule has 2 aliphatic heterocycles. The second kappa shape index (κ2) is 8.80. The van der Waals surface area contributed by atoms with Gasteiger partial charge in [-0.25, -0.2) is 0 Å². The number of benzene rings is 1. The predicted molar refractivity (Wildman–Crippen MR) is 110 cm³/mol. The predicted octanol–water partition coefficient (Wildman–Crippen LogP) is 2.65. The number of anilines is 1. The van der Waals surface area contributed by atoms with Crippen LogP contribution in [0, 0.1) is 0 Å². The van der Waals surface area contributed by atoms with Crippen LogP contribution in [0.25, 0.3) is 0 Å². The van der Waals surface area contributed by atoms with E-state index in [1.54, 1.807) is 0 Å². The van der Waals surface area contributed by atoms with Crippen molar-refractivity contribution in [3.05, 3.63) is 58.1 Å². The first-order valence-electron chi connectivity index (χ1n) is 10.3. The van der Waals surface area contributed by atoms with E-state index in [0.717, 1.165) is 39.3 Å². The van der Waals surface area contributed by atoms with Gasteiger partial charge in [-0.2, -0.15) is 0 Å². The average molecular weight is 383 g/mol. The molecule has 0 saturated carbocycles. The highest BCUT2D eigenvalue weighted by Crippen LogP contribution is 2.21. The van der Waals surface area contributed by atoms with Gasteiger partial charge in [0, 0.05) is 37.9 Å². The summed E-state index contributed by atoms with van der Waals surface area (Å²) in [4.78, 5) is 19.1. The Labute approximate surface area is 166 Å². The number of piperazine rings is 1. The molecule has 3 heterocycles. The fourth-order valence-corrected chi connectivity index (χ4v) is 4.12. The lowest BCUT2D eigenvalue weighted by Gasteiger charge is -2.35. The summed E-state index contributed by atoms with van der Waals surface area (Å²) in [5.74, 6) is 0.808. The monoisotopic (exact) mass is 383 g/mol. The van der Waals surface area contributed by atoms with Crippen LogP contribution >= 0.6 is 0 Å². The van der Waals surface area contributed by atoms with Gasteiger partial charge in [-0.1, -0.05) is 24.6 Å². The van der Waals surface area contributed by atoms with E-state index in [0.29, 0.717) is 24.6 Å². The van der Waals surface area contributed by atoms with Gasteiger partial charge in [0.25, 0.3) is 0 Å². The molecule has 2 saturated heterocycles. The lowest BCUT2D eigenvalue weighted by Crippen LogP contribution is -2.46. The minimum Gasteiger partial charge on any atom is -0.502 e. The molecule has 150 valence electrons. The molecule has 0 atom stereocenters.